The molecule has 4 aromatic rings. The number of fused-ring (bicyclic) bond motifs is 1. The number of carbonyl (C=O) groups excluding carboxylic acids is 1. The van der Waals surface area contributed by atoms with Gasteiger partial charge in [-0.2, -0.15) is 18.3 Å². The Morgan fingerprint density at radius 1 is 1.03 bits per heavy atom. The van der Waals surface area contributed by atoms with Crippen LogP contribution in [0.5, 0.6) is 0 Å². The maximum atomic E-state index is 13.0. The van der Waals surface area contributed by atoms with Crippen molar-refractivity contribution in [3.05, 3.63) is 90.1 Å². The molecule has 0 radical (unpaired) electrons. The normalized spacial score (nSPS) is 14.3. The van der Waals surface area contributed by atoms with E-state index in [1.54, 1.807) is 12.1 Å². The molecule has 1 aromatic heterocycles. The van der Waals surface area contributed by atoms with E-state index in [2.05, 4.69) is 32.3 Å². The fourth-order valence-electron chi connectivity index (χ4n) is 4.49. The lowest BCUT2D eigenvalue weighted by Crippen LogP contribution is -2.40. The molecular weight excluding hydrogens is 507 g/mol. The maximum absolute atomic E-state index is 13.0. The van der Waals surface area contributed by atoms with E-state index in [1.807, 2.05) is 30.3 Å². The molecule has 1 aliphatic rings. The van der Waals surface area contributed by atoms with Crippen LogP contribution in [0.15, 0.2) is 73.3 Å². The van der Waals surface area contributed by atoms with Crippen LogP contribution in [0.25, 0.3) is 27.7 Å². The average Bonchev–Trinajstić information content (AvgIpc) is 3.37. The molecule has 1 amide bonds. The van der Waals surface area contributed by atoms with Crippen LogP contribution < -0.4 is 10.6 Å². The summed E-state index contributed by atoms with van der Waals surface area (Å²) in [5, 5.41) is 14.5. The molecule has 10 heteroatoms. The lowest BCUT2D eigenvalue weighted by Gasteiger charge is -2.26. The zero-order valence-electron chi connectivity index (χ0n) is 21.1. The van der Waals surface area contributed by atoms with E-state index in [1.165, 1.54) is 12.1 Å². The van der Waals surface area contributed by atoms with Gasteiger partial charge in [0, 0.05) is 42.8 Å². The number of carbonyl (C=O) groups is 1. The van der Waals surface area contributed by atoms with Crippen LogP contribution in [0.4, 0.5) is 18.9 Å². The number of hydrogen-bond acceptors (Lipinski definition) is 5. The first-order chi connectivity index (χ1) is 18.8. The van der Waals surface area contributed by atoms with E-state index < -0.39 is 17.6 Å². The van der Waals surface area contributed by atoms with Crippen molar-refractivity contribution in [2.24, 2.45) is 0 Å². The molecule has 0 aliphatic carbocycles. The standard InChI is InChI=1S/C29H28F3N5O2/c1-19(33-11-12-37-13-15-39-16-14-37)27-25-10-7-21(18-26(25)35-36-27)20-5-8-24(9-6-20)34-28(38)22-3-2-4-23(17-22)29(30,31)32/h2-10,17-18,33H,1,11-16H2,(H,34,38)(H,35,36). The summed E-state index contributed by atoms with van der Waals surface area (Å²) in [6.45, 7) is 9.24. The summed E-state index contributed by atoms with van der Waals surface area (Å²) in [5.74, 6) is -0.612. The molecule has 5 rings (SSSR count). The van der Waals surface area contributed by atoms with E-state index >= 15 is 0 Å². The highest BCUT2D eigenvalue weighted by atomic mass is 19.4. The molecule has 1 saturated heterocycles. The van der Waals surface area contributed by atoms with E-state index in [0.717, 1.165) is 84.9 Å². The number of halogens is 3. The zero-order valence-corrected chi connectivity index (χ0v) is 21.1. The smallest absolute Gasteiger partial charge is 0.382 e. The molecule has 3 aromatic carbocycles. The van der Waals surface area contributed by atoms with Gasteiger partial charge in [-0.25, -0.2) is 0 Å². The number of ether oxygens (including phenoxy) is 1. The summed E-state index contributed by atoms with van der Waals surface area (Å²) < 4.78 is 44.3. The predicted octanol–water partition coefficient (Wildman–Crippen LogP) is 5.39. The molecular formula is C29H28F3N5O2. The predicted molar refractivity (Wildman–Crippen MR) is 145 cm³/mol. The topological polar surface area (TPSA) is 82.3 Å². The Kier molecular flexibility index (Phi) is 7.67. The Bertz CT molecular complexity index is 1470. The number of amides is 1. The minimum atomic E-state index is -4.51. The van der Waals surface area contributed by atoms with Gasteiger partial charge in [0.1, 0.15) is 5.69 Å². The van der Waals surface area contributed by atoms with Gasteiger partial charge in [-0.3, -0.25) is 14.8 Å². The number of aromatic amines is 1. The number of anilines is 1. The van der Waals surface area contributed by atoms with Gasteiger partial charge in [-0.05, 0) is 53.6 Å². The van der Waals surface area contributed by atoms with Crippen LogP contribution >= 0.6 is 0 Å². The minimum absolute atomic E-state index is 0.0634. The molecule has 1 fully saturated rings. The SMILES string of the molecule is C=C(NCCN1CCOCC1)c1n[nH]c2cc(-c3ccc(NC(=O)c4cccc(C(F)(F)F)c4)cc3)ccc12. The number of benzene rings is 3. The van der Waals surface area contributed by atoms with Gasteiger partial charge >= 0.3 is 6.18 Å². The van der Waals surface area contributed by atoms with Gasteiger partial charge in [-0.15, -0.1) is 0 Å². The first kappa shape index (κ1) is 26.5. The quantitative estimate of drug-likeness (QED) is 0.282. The van der Waals surface area contributed by atoms with Crippen molar-refractivity contribution in [2.45, 2.75) is 6.18 Å². The number of nitrogens with zero attached hydrogens (tertiary/aromatic N) is 2. The van der Waals surface area contributed by atoms with Crippen molar-refractivity contribution < 1.29 is 22.7 Å². The molecule has 202 valence electrons. The van der Waals surface area contributed by atoms with E-state index in [4.69, 9.17) is 4.74 Å². The third-order valence-corrected chi connectivity index (χ3v) is 6.65. The first-order valence-corrected chi connectivity index (χ1v) is 12.6. The molecule has 0 bridgehead atoms. The van der Waals surface area contributed by atoms with Gasteiger partial charge in [-0.1, -0.05) is 30.8 Å². The van der Waals surface area contributed by atoms with Crippen LogP contribution in [0, 0.1) is 0 Å². The van der Waals surface area contributed by atoms with Gasteiger partial charge in [0.2, 0.25) is 0 Å². The Hall–Kier alpha value is -4.15. The average molecular weight is 536 g/mol. The fraction of sp³-hybridized carbons (Fsp3) is 0.241. The van der Waals surface area contributed by atoms with Crippen molar-refractivity contribution >= 4 is 28.2 Å². The molecule has 7 nitrogen and oxygen atoms in total. The van der Waals surface area contributed by atoms with E-state index in [9.17, 15) is 18.0 Å². The molecule has 0 atom stereocenters. The minimum Gasteiger partial charge on any atom is -0.382 e. The number of hydrogen-bond donors (Lipinski definition) is 3. The van der Waals surface area contributed by atoms with Crippen LogP contribution in [0.1, 0.15) is 21.6 Å². The van der Waals surface area contributed by atoms with Crippen molar-refractivity contribution in [1.29, 1.82) is 0 Å². The van der Waals surface area contributed by atoms with Crippen molar-refractivity contribution in [2.75, 3.05) is 44.7 Å². The third kappa shape index (κ3) is 6.30. The second kappa shape index (κ2) is 11.3. The highest BCUT2D eigenvalue weighted by molar-refractivity contribution is 6.04. The number of nitrogens with one attached hydrogen (secondary N) is 3. The molecule has 0 spiro atoms. The van der Waals surface area contributed by atoms with Crippen LogP contribution in [0.3, 0.4) is 0 Å². The molecule has 2 heterocycles. The van der Waals surface area contributed by atoms with Crippen LogP contribution in [-0.4, -0.2) is 60.4 Å². The van der Waals surface area contributed by atoms with Gasteiger partial charge < -0.3 is 15.4 Å². The lowest BCUT2D eigenvalue weighted by atomic mass is 10.0. The number of alkyl halides is 3. The van der Waals surface area contributed by atoms with E-state index in [0.29, 0.717) is 5.69 Å². The summed E-state index contributed by atoms with van der Waals surface area (Å²) in [7, 11) is 0. The number of H-pyrrole nitrogens is 1. The largest absolute Gasteiger partial charge is 0.416 e. The van der Waals surface area contributed by atoms with Crippen LogP contribution in [-0.2, 0) is 10.9 Å². The second-order valence-electron chi connectivity index (χ2n) is 9.30. The summed E-state index contributed by atoms with van der Waals surface area (Å²) in [6.07, 6.45) is -4.51. The molecule has 39 heavy (non-hydrogen) atoms. The zero-order chi connectivity index (χ0) is 27.4. The van der Waals surface area contributed by atoms with Gasteiger partial charge in [0.05, 0.1) is 30.0 Å². The molecule has 0 unspecified atom stereocenters. The number of aromatic nitrogens is 2. The first-order valence-electron chi connectivity index (χ1n) is 12.6. The highest BCUT2D eigenvalue weighted by Gasteiger charge is 2.30. The number of rotatable bonds is 8. The Labute approximate surface area is 223 Å². The summed E-state index contributed by atoms with van der Waals surface area (Å²) in [4.78, 5) is 14.8. The van der Waals surface area contributed by atoms with Crippen molar-refractivity contribution in [3.63, 3.8) is 0 Å². The fourth-order valence-corrected chi connectivity index (χ4v) is 4.49. The Morgan fingerprint density at radius 3 is 2.51 bits per heavy atom. The van der Waals surface area contributed by atoms with Gasteiger partial charge in [0.25, 0.3) is 5.91 Å². The van der Waals surface area contributed by atoms with Crippen molar-refractivity contribution in [3.8, 4) is 11.1 Å². The lowest BCUT2D eigenvalue weighted by molar-refractivity contribution is -0.137. The Balaban J connectivity index is 1.22. The highest BCUT2D eigenvalue weighted by Crippen LogP contribution is 2.30. The maximum Gasteiger partial charge on any atom is 0.416 e. The Morgan fingerprint density at radius 2 is 1.77 bits per heavy atom. The monoisotopic (exact) mass is 535 g/mol. The molecule has 1 aliphatic heterocycles. The van der Waals surface area contributed by atoms with Crippen molar-refractivity contribution in [1.82, 2.24) is 20.4 Å². The number of morpholine rings is 1. The summed E-state index contributed by atoms with van der Waals surface area (Å²) in [6, 6.07) is 17.4. The van der Waals surface area contributed by atoms with Crippen LogP contribution in [0.2, 0.25) is 0 Å². The van der Waals surface area contributed by atoms with Gasteiger partial charge in [0.15, 0.2) is 0 Å². The van der Waals surface area contributed by atoms with E-state index in [-0.39, 0.29) is 5.56 Å². The third-order valence-electron chi connectivity index (χ3n) is 6.65. The summed E-state index contributed by atoms with van der Waals surface area (Å²) in [5.41, 5.74) is 3.79. The summed E-state index contributed by atoms with van der Waals surface area (Å²) >= 11 is 0. The molecule has 3 N–H and O–H groups in total. The molecule has 0 saturated carbocycles. The second-order valence-corrected chi connectivity index (χ2v) is 9.30.